The molecule has 0 bridgehead atoms. The zero-order valence-corrected chi connectivity index (χ0v) is 16.7. The molecule has 0 radical (unpaired) electrons. The first kappa shape index (κ1) is 18.6. The molecule has 1 heterocycles. The maximum atomic E-state index is 12.5. The van der Waals surface area contributed by atoms with Crippen LogP contribution in [0.15, 0.2) is 47.9 Å². The molecule has 2 aromatic carbocycles. The maximum Gasteiger partial charge on any atom is 0.230 e. The zero-order chi connectivity index (χ0) is 19.7. The van der Waals surface area contributed by atoms with Crippen molar-refractivity contribution in [3.63, 3.8) is 0 Å². The fourth-order valence-corrected chi connectivity index (χ4v) is 4.27. The van der Waals surface area contributed by atoms with Crippen LogP contribution in [0.3, 0.4) is 0 Å². The summed E-state index contributed by atoms with van der Waals surface area (Å²) in [6.45, 7) is 4.15. The number of fused-ring (bicyclic) bond motifs is 1. The van der Waals surface area contributed by atoms with Crippen molar-refractivity contribution in [1.82, 2.24) is 20.1 Å². The van der Waals surface area contributed by atoms with Crippen molar-refractivity contribution in [2.75, 3.05) is 5.75 Å². The minimum Gasteiger partial charge on any atom is -0.508 e. The van der Waals surface area contributed by atoms with Gasteiger partial charge < -0.3 is 10.4 Å². The predicted molar refractivity (Wildman–Crippen MR) is 109 cm³/mol. The van der Waals surface area contributed by atoms with Crippen LogP contribution in [-0.2, 0) is 11.2 Å². The van der Waals surface area contributed by atoms with Gasteiger partial charge in [0.05, 0.1) is 11.8 Å². The van der Waals surface area contributed by atoms with E-state index in [1.807, 2.05) is 22.8 Å². The van der Waals surface area contributed by atoms with Crippen LogP contribution >= 0.6 is 11.8 Å². The monoisotopic (exact) mass is 394 g/mol. The van der Waals surface area contributed by atoms with E-state index in [2.05, 4.69) is 41.5 Å². The number of aryl methyl sites for hydroxylation is 2. The van der Waals surface area contributed by atoms with Crippen molar-refractivity contribution < 1.29 is 9.90 Å². The zero-order valence-electron chi connectivity index (χ0n) is 15.8. The number of nitrogens with zero attached hydrogens (tertiary/aromatic N) is 3. The lowest BCUT2D eigenvalue weighted by Crippen LogP contribution is -2.28. The molecule has 4 rings (SSSR count). The van der Waals surface area contributed by atoms with E-state index in [0.29, 0.717) is 10.9 Å². The van der Waals surface area contributed by atoms with E-state index in [1.54, 1.807) is 12.4 Å². The minimum atomic E-state index is -0.0548. The number of aromatic hydroxyl groups is 1. The van der Waals surface area contributed by atoms with E-state index >= 15 is 0 Å². The second-order valence-corrected chi connectivity index (χ2v) is 7.99. The van der Waals surface area contributed by atoms with Gasteiger partial charge in [0.25, 0.3) is 0 Å². The molecule has 1 atom stereocenters. The number of nitrogens with one attached hydrogen (secondary N) is 1. The molecule has 0 saturated heterocycles. The summed E-state index contributed by atoms with van der Waals surface area (Å²) in [7, 11) is 0. The molecule has 2 N–H and O–H groups in total. The summed E-state index contributed by atoms with van der Waals surface area (Å²) in [6.07, 6.45) is 3.25. The molecule has 1 aliphatic carbocycles. The van der Waals surface area contributed by atoms with Gasteiger partial charge in [0.15, 0.2) is 5.16 Å². The van der Waals surface area contributed by atoms with Gasteiger partial charge >= 0.3 is 0 Å². The molecule has 0 saturated carbocycles. The highest BCUT2D eigenvalue weighted by molar-refractivity contribution is 7.99. The lowest BCUT2D eigenvalue weighted by Gasteiger charge is -2.14. The van der Waals surface area contributed by atoms with Crippen molar-refractivity contribution in [3.8, 4) is 11.4 Å². The smallest absolute Gasteiger partial charge is 0.230 e. The summed E-state index contributed by atoms with van der Waals surface area (Å²) in [5.41, 5.74) is 5.36. The Morgan fingerprint density at radius 3 is 2.96 bits per heavy atom. The van der Waals surface area contributed by atoms with E-state index in [4.69, 9.17) is 0 Å². The molecule has 3 aromatic rings. The highest BCUT2D eigenvalue weighted by atomic mass is 32.2. The first-order chi connectivity index (χ1) is 13.5. The topological polar surface area (TPSA) is 80.0 Å². The molecular weight excluding hydrogens is 372 g/mol. The van der Waals surface area contributed by atoms with Gasteiger partial charge in [0, 0.05) is 5.69 Å². The van der Waals surface area contributed by atoms with Crippen LogP contribution < -0.4 is 5.32 Å². The molecule has 0 spiro atoms. The number of thioether (sulfide) groups is 1. The molecule has 1 aromatic heterocycles. The molecular formula is C21H22N4O2S. The average Bonchev–Trinajstić information content (AvgIpc) is 3.30. The molecule has 1 aliphatic rings. The Balaban J connectivity index is 1.41. The van der Waals surface area contributed by atoms with Gasteiger partial charge in [-0.25, -0.2) is 0 Å². The first-order valence-corrected chi connectivity index (χ1v) is 10.2. The molecule has 0 unspecified atom stereocenters. The number of carbonyl (C=O) groups excluding carboxylic acids is 1. The highest BCUT2D eigenvalue weighted by Gasteiger charge is 2.26. The number of amides is 1. The van der Waals surface area contributed by atoms with Crippen molar-refractivity contribution in [2.24, 2.45) is 0 Å². The Labute approximate surface area is 168 Å². The van der Waals surface area contributed by atoms with E-state index in [0.717, 1.165) is 29.7 Å². The van der Waals surface area contributed by atoms with E-state index in [-0.39, 0.29) is 17.7 Å². The SMILES string of the molecule is Cc1ccc(-n2cnnc2SCC(=O)N[C@H]2CCc3c(O)cccc32)cc1C. The first-order valence-electron chi connectivity index (χ1n) is 9.23. The third-order valence-electron chi connectivity index (χ3n) is 5.20. The van der Waals surface area contributed by atoms with Gasteiger partial charge in [-0.3, -0.25) is 9.36 Å². The Hall–Kier alpha value is -2.80. The number of benzene rings is 2. The fraction of sp³-hybridized carbons (Fsp3) is 0.286. The number of carbonyl (C=O) groups is 1. The molecule has 144 valence electrons. The van der Waals surface area contributed by atoms with Crippen LogP contribution in [-0.4, -0.2) is 31.5 Å². The van der Waals surface area contributed by atoms with Crippen LogP contribution in [0.4, 0.5) is 0 Å². The molecule has 0 fully saturated rings. The summed E-state index contributed by atoms with van der Waals surface area (Å²) in [5.74, 6) is 0.514. The Morgan fingerprint density at radius 2 is 2.14 bits per heavy atom. The van der Waals surface area contributed by atoms with Crippen molar-refractivity contribution in [1.29, 1.82) is 0 Å². The number of rotatable bonds is 5. The van der Waals surface area contributed by atoms with Crippen LogP contribution in [0.25, 0.3) is 5.69 Å². The highest BCUT2D eigenvalue weighted by Crippen LogP contribution is 2.36. The largest absolute Gasteiger partial charge is 0.508 e. The number of phenols is 1. The van der Waals surface area contributed by atoms with Crippen LogP contribution in [0.5, 0.6) is 5.75 Å². The molecule has 6 nitrogen and oxygen atoms in total. The third kappa shape index (κ3) is 3.62. The van der Waals surface area contributed by atoms with Gasteiger partial charge in [0.2, 0.25) is 5.91 Å². The molecule has 1 amide bonds. The molecule has 7 heteroatoms. The van der Waals surface area contributed by atoms with Crippen LogP contribution in [0.1, 0.15) is 34.7 Å². The predicted octanol–water partition coefficient (Wildman–Crippen LogP) is 3.49. The Kier molecular flexibility index (Phi) is 5.09. The van der Waals surface area contributed by atoms with Gasteiger partial charge in [-0.15, -0.1) is 10.2 Å². The maximum absolute atomic E-state index is 12.5. The summed E-state index contributed by atoms with van der Waals surface area (Å²) >= 11 is 1.36. The van der Waals surface area contributed by atoms with Crippen molar-refractivity contribution in [3.05, 3.63) is 65.0 Å². The van der Waals surface area contributed by atoms with Crippen LogP contribution in [0.2, 0.25) is 0 Å². The van der Waals surface area contributed by atoms with E-state index in [9.17, 15) is 9.90 Å². The second-order valence-electron chi connectivity index (χ2n) is 7.04. The average molecular weight is 395 g/mol. The summed E-state index contributed by atoms with van der Waals surface area (Å²) in [5, 5.41) is 21.9. The second kappa shape index (κ2) is 7.67. The molecule has 0 aliphatic heterocycles. The quantitative estimate of drug-likeness (QED) is 0.648. The Bertz CT molecular complexity index is 1030. The molecule has 28 heavy (non-hydrogen) atoms. The van der Waals surface area contributed by atoms with Gasteiger partial charge in [-0.1, -0.05) is 30.0 Å². The lowest BCUT2D eigenvalue weighted by molar-refractivity contribution is -0.119. The lowest BCUT2D eigenvalue weighted by atomic mass is 10.1. The van der Waals surface area contributed by atoms with Crippen molar-refractivity contribution in [2.45, 2.75) is 37.9 Å². The van der Waals surface area contributed by atoms with E-state index in [1.165, 1.54) is 22.9 Å². The number of phenolic OH excluding ortho intramolecular Hbond substituents is 1. The fourth-order valence-electron chi connectivity index (χ4n) is 3.53. The van der Waals surface area contributed by atoms with Gasteiger partial charge in [0.1, 0.15) is 12.1 Å². The Morgan fingerprint density at radius 1 is 1.29 bits per heavy atom. The van der Waals surface area contributed by atoms with Crippen LogP contribution in [0, 0.1) is 13.8 Å². The summed E-state index contributed by atoms with van der Waals surface area (Å²) in [4.78, 5) is 12.5. The standard InChI is InChI=1S/C21H22N4O2S/c1-13-6-7-15(10-14(13)2)25-12-22-24-21(25)28-11-20(27)23-18-9-8-17-16(18)4-3-5-19(17)26/h3-7,10,12,18,26H,8-9,11H2,1-2H3,(H,23,27)/t18-/m0/s1. The number of hydrogen-bond acceptors (Lipinski definition) is 5. The third-order valence-corrected chi connectivity index (χ3v) is 6.14. The van der Waals surface area contributed by atoms with Gasteiger partial charge in [-0.05, 0) is 67.1 Å². The minimum absolute atomic E-state index is 0.0483. The van der Waals surface area contributed by atoms with Gasteiger partial charge in [-0.2, -0.15) is 0 Å². The number of hydrogen-bond donors (Lipinski definition) is 2. The summed E-state index contributed by atoms with van der Waals surface area (Å²) in [6, 6.07) is 11.6. The normalized spacial score (nSPS) is 15.4. The summed E-state index contributed by atoms with van der Waals surface area (Å²) < 4.78 is 1.90. The van der Waals surface area contributed by atoms with E-state index < -0.39 is 0 Å². The number of aromatic nitrogens is 3. The van der Waals surface area contributed by atoms with Crippen molar-refractivity contribution >= 4 is 17.7 Å².